The maximum atomic E-state index is 12.8. The standard InChI is InChI=1S/C21H31N3O4/c1-16(25)22-12-11-18-8-5-13-24(15-18)21(28)23-19(9-10-20(26)27)14-17-6-3-2-4-7-17/h2-4,6-7,18-19H,5,8-15H2,1H3,(H,22,25)(H,23,28)(H,26,27). The monoisotopic (exact) mass is 389 g/mol. The predicted octanol–water partition coefficient (Wildman–Crippen LogP) is 2.41. The van der Waals surface area contributed by atoms with Crippen molar-refractivity contribution in [2.45, 2.75) is 51.5 Å². The number of carbonyl (C=O) groups excluding carboxylic acids is 2. The molecule has 2 atom stereocenters. The highest BCUT2D eigenvalue weighted by molar-refractivity contribution is 5.75. The number of hydrogen-bond acceptors (Lipinski definition) is 3. The molecule has 7 heteroatoms. The van der Waals surface area contributed by atoms with Gasteiger partial charge in [-0.05, 0) is 43.6 Å². The molecule has 1 heterocycles. The van der Waals surface area contributed by atoms with Gasteiger partial charge in [0, 0.05) is 39.0 Å². The Balaban J connectivity index is 1.89. The van der Waals surface area contributed by atoms with Crippen molar-refractivity contribution in [1.29, 1.82) is 0 Å². The summed E-state index contributed by atoms with van der Waals surface area (Å²) < 4.78 is 0. The fourth-order valence-corrected chi connectivity index (χ4v) is 3.62. The van der Waals surface area contributed by atoms with E-state index >= 15 is 0 Å². The van der Waals surface area contributed by atoms with Crippen molar-refractivity contribution >= 4 is 17.9 Å². The molecular formula is C21H31N3O4. The van der Waals surface area contributed by atoms with Gasteiger partial charge in [-0.1, -0.05) is 30.3 Å². The Hall–Kier alpha value is -2.57. The van der Waals surface area contributed by atoms with Crippen LogP contribution in [0.2, 0.25) is 0 Å². The number of nitrogens with one attached hydrogen (secondary N) is 2. The number of urea groups is 1. The van der Waals surface area contributed by atoms with Crippen LogP contribution in [0.1, 0.15) is 44.6 Å². The summed E-state index contributed by atoms with van der Waals surface area (Å²) in [7, 11) is 0. The molecular weight excluding hydrogens is 358 g/mol. The summed E-state index contributed by atoms with van der Waals surface area (Å²) in [6.45, 7) is 3.51. The molecule has 2 unspecified atom stereocenters. The molecule has 0 spiro atoms. The number of likely N-dealkylation sites (tertiary alicyclic amines) is 1. The lowest BCUT2D eigenvalue weighted by molar-refractivity contribution is -0.137. The third kappa shape index (κ3) is 7.98. The quantitative estimate of drug-likeness (QED) is 0.604. The van der Waals surface area contributed by atoms with Crippen molar-refractivity contribution < 1.29 is 19.5 Å². The van der Waals surface area contributed by atoms with Gasteiger partial charge in [0.15, 0.2) is 0 Å². The van der Waals surface area contributed by atoms with Gasteiger partial charge in [-0.3, -0.25) is 9.59 Å². The number of carbonyl (C=O) groups is 3. The van der Waals surface area contributed by atoms with E-state index in [1.807, 2.05) is 35.2 Å². The van der Waals surface area contributed by atoms with E-state index in [2.05, 4.69) is 10.6 Å². The molecule has 1 aromatic carbocycles. The van der Waals surface area contributed by atoms with E-state index in [9.17, 15) is 14.4 Å². The van der Waals surface area contributed by atoms with E-state index in [1.165, 1.54) is 6.92 Å². The third-order valence-corrected chi connectivity index (χ3v) is 5.09. The molecule has 1 aliphatic heterocycles. The number of rotatable bonds is 9. The molecule has 1 aromatic rings. The van der Waals surface area contributed by atoms with E-state index in [0.717, 1.165) is 24.8 Å². The Bertz CT molecular complexity index is 650. The number of benzene rings is 1. The molecule has 3 amide bonds. The van der Waals surface area contributed by atoms with Crippen molar-refractivity contribution in [2.24, 2.45) is 5.92 Å². The van der Waals surface area contributed by atoms with Gasteiger partial charge in [-0.15, -0.1) is 0 Å². The number of hydrogen-bond donors (Lipinski definition) is 3. The molecule has 2 rings (SSSR count). The second-order valence-corrected chi connectivity index (χ2v) is 7.49. The molecule has 1 fully saturated rings. The van der Waals surface area contributed by atoms with Crippen molar-refractivity contribution in [2.75, 3.05) is 19.6 Å². The van der Waals surface area contributed by atoms with Gasteiger partial charge in [0.1, 0.15) is 0 Å². The first-order valence-corrected chi connectivity index (χ1v) is 9.99. The highest BCUT2D eigenvalue weighted by Crippen LogP contribution is 2.19. The largest absolute Gasteiger partial charge is 0.481 e. The maximum Gasteiger partial charge on any atom is 0.317 e. The Morgan fingerprint density at radius 1 is 1.25 bits per heavy atom. The lowest BCUT2D eigenvalue weighted by Gasteiger charge is -2.34. The normalized spacial score (nSPS) is 17.6. The average Bonchev–Trinajstić information content (AvgIpc) is 2.67. The van der Waals surface area contributed by atoms with Crippen LogP contribution in [-0.4, -0.2) is 53.6 Å². The second kappa shape index (κ2) is 11.3. The third-order valence-electron chi connectivity index (χ3n) is 5.09. The van der Waals surface area contributed by atoms with Crippen LogP contribution in [0.3, 0.4) is 0 Å². The van der Waals surface area contributed by atoms with Gasteiger partial charge < -0.3 is 20.6 Å². The Morgan fingerprint density at radius 2 is 2.00 bits per heavy atom. The first-order chi connectivity index (χ1) is 13.4. The molecule has 0 radical (unpaired) electrons. The van der Waals surface area contributed by atoms with Crippen molar-refractivity contribution in [3.05, 3.63) is 35.9 Å². The van der Waals surface area contributed by atoms with Crippen molar-refractivity contribution in [1.82, 2.24) is 15.5 Å². The molecule has 1 saturated heterocycles. The highest BCUT2D eigenvalue weighted by Gasteiger charge is 2.25. The summed E-state index contributed by atoms with van der Waals surface area (Å²) in [5.41, 5.74) is 1.07. The number of aliphatic carboxylic acids is 1. The zero-order chi connectivity index (χ0) is 20.4. The molecule has 7 nitrogen and oxygen atoms in total. The molecule has 0 aliphatic carbocycles. The van der Waals surface area contributed by atoms with Crippen LogP contribution < -0.4 is 10.6 Å². The smallest absolute Gasteiger partial charge is 0.317 e. The fourth-order valence-electron chi connectivity index (χ4n) is 3.62. The molecule has 0 bridgehead atoms. The minimum atomic E-state index is -0.858. The molecule has 154 valence electrons. The summed E-state index contributed by atoms with van der Waals surface area (Å²) in [6.07, 6.45) is 3.88. The summed E-state index contributed by atoms with van der Waals surface area (Å²) >= 11 is 0. The van der Waals surface area contributed by atoms with Crippen LogP contribution >= 0.6 is 0 Å². The van der Waals surface area contributed by atoms with Crippen LogP contribution in [0.25, 0.3) is 0 Å². The van der Waals surface area contributed by atoms with Crippen LogP contribution in [-0.2, 0) is 16.0 Å². The summed E-state index contributed by atoms with van der Waals surface area (Å²) in [5.74, 6) is -0.520. The average molecular weight is 389 g/mol. The van der Waals surface area contributed by atoms with Gasteiger partial charge >= 0.3 is 12.0 Å². The number of carboxylic acids is 1. The van der Waals surface area contributed by atoms with Crippen molar-refractivity contribution in [3.63, 3.8) is 0 Å². The van der Waals surface area contributed by atoms with Gasteiger partial charge in [-0.2, -0.15) is 0 Å². The van der Waals surface area contributed by atoms with Gasteiger partial charge in [0.25, 0.3) is 0 Å². The van der Waals surface area contributed by atoms with Crippen LogP contribution in [0.4, 0.5) is 4.79 Å². The maximum absolute atomic E-state index is 12.8. The minimum Gasteiger partial charge on any atom is -0.481 e. The molecule has 0 aromatic heterocycles. The summed E-state index contributed by atoms with van der Waals surface area (Å²) in [4.78, 5) is 36.6. The number of carboxylic acid groups (broad SMARTS) is 1. The number of amides is 3. The van der Waals surface area contributed by atoms with Crippen molar-refractivity contribution in [3.8, 4) is 0 Å². The lowest BCUT2D eigenvalue weighted by atomic mass is 9.95. The van der Waals surface area contributed by atoms with E-state index in [0.29, 0.717) is 38.4 Å². The SMILES string of the molecule is CC(=O)NCCC1CCCN(C(=O)NC(CCC(=O)O)Cc2ccccc2)C1. The minimum absolute atomic E-state index is 0.0249. The van der Waals surface area contributed by atoms with E-state index in [4.69, 9.17) is 5.11 Å². The topological polar surface area (TPSA) is 98.7 Å². The van der Waals surface area contributed by atoms with Gasteiger partial charge in [0.2, 0.25) is 5.91 Å². The Morgan fingerprint density at radius 3 is 2.68 bits per heavy atom. The Kier molecular flexibility index (Phi) is 8.78. The van der Waals surface area contributed by atoms with E-state index < -0.39 is 5.97 Å². The Labute approximate surface area is 166 Å². The van der Waals surface area contributed by atoms with Crippen LogP contribution in [0.15, 0.2) is 30.3 Å². The molecule has 28 heavy (non-hydrogen) atoms. The first-order valence-electron chi connectivity index (χ1n) is 9.99. The molecule has 1 aliphatic rings. The van der Waals surface area contributed by atoms with Crippen LogP contribution in [0.5, 0.6) is 0 Å². The predicted molar refractivity (Wildman–Crippen MR) is 107 cm³/mol. The second-order valence-electron chi connectivity index (χ2n) is 7.49. The first kappa shape index (κ1) is 21.7. The number of nitrogens with zero attached hydrogens (tertiary/aromatic N) is 1. The number of piperidine rings is 1. The summed E-state index contributed by atoms with van der Waals surface area (Å²) in [6, 6.07) is 9.44. The fraction of sp³-hybridized carbons (Fsp3) is 0.571. The molecule has 3 N–H and O–H groups in total. The highest BCUT2D eigenvalue weighted by atomic mass is 16.4. The van der Waals surface area contributed by atoms with Gasteiger partial charge in [0.05, 0.1) is 0 Å². The zero-order valence-corrected chi connectivity index (χ0v) is 16.5. The lowest BCUT2D eigenvalue weighted by Crippen LogP contribution is -2.49. The van der Waals surface area contributed by atoms with E-state index in [-0.39, 0.29) is 24.4 Å². The molecule has 0 saturated carbocycles. The van der Waals surface area contributed by atoms with E-state index in [1.54, 1.807) is 0 Å². The van der Waals surface area contributed by atoms with Gasteiger partial charge in [-0.25, -0.2) is 4.79 Å². The summed E-state index contributed by atoms with van der Waals surface area (Å²) in [5, 5.41) is 14.9. The van der Waals surface area contributed by atoms with Crippen LogP contribution in [0, 0.1) is 5.92 Å². The zero-order valence-electron chi connectivity index (χ0n) is 16.5.